The van der Waals surface area contributed by atoms with E-state index in [1.807, 2.05) is 60.7 Å². The van der Waals surface area contributed by atoms with Crippen molar-refractivity contribution in [1.82, 2.24) is 4.57 Å². The Morgan fingerprint density at radius 3 is 2.19 bits per heavy atom. The molecule has 1 heterocycles. The lowest BCUT2D eigenvalue weighted by molar-refractivity contribution is 0.104. The fraction of sp³-hybridized carbons (Fsp3) is 0.154. The molecule has 154 valence electrons. The van der Waals surface area contributed by atoms with Crippen LogP contribution in [0.5, 0.6) is 11.5 Å². The van der Waals surface area contributed by atoms with Gasteiger partial charge >= 0.3 is 0 Å². The standard InChI is InChI=1S/C26H21NO4/c1-30-21-12-11-16(15-22(21)31-2)13-14-27-24-18-8-4-5-9-19(18)25(28)23(24)17-7-3-6-10-20(17)26(27)29/h3-12,15H,13-14H2,1-2H3. The fourth-order valence-corrected chi connectivity index (χ4v) is 4.42. The molecule has 0 unspecified atom stereocenters. The largest absolute Gasteiger partial charge is 0.493 e. The van der Waals surface area contributed by atoms with Crippen LogP contribution in [-0.4, -0.2) is 24.6 Å². The number of pyridine rings is 1. The van der Waals surface area contributed by atoms with Crippen molar-refractivity contribution in [3.63, 3.8) is 0 Å². The molecule has 4 aromatic rings. The third kappa shape index (κ3) is 2.93. The molecule has 0 radical (unpaired) electrons. The first kappa shape index (κ1) is 19.1. The van der Waals surface area contributed by atoms with E-state index in [1.165, 1.54) is 0 Å². The summed E-state index contributed by atoms with van der Waals surface area (Å²) in [5, 5.41) is 1.28. The topological polar surface area (TPSA) is 57.5 Å². The Bertz CT molecular complexity index is 1400. The number of benzene rings is 3. The van der Waals surface area contributed by atoms with E-state index >= 15 is 0 Å². The number of aromatic nitrogens is 1. The molecule has 0 aliphatic heterocycles. The molecular formula is C26H21NO4. The molecule has 1 aromatic heterocycles. The van der Waals surface area contributed by atoms with Gasteiger partial charge in [-0.05, 0) is 30.2 Å². The summed E-state index contributed by atoms with van der Waals surface area (Å²) in [6.45, 7) is 0.448. The molecule has 0 saturated heterocycles. The minimum Gasteiger partial charge on any atom is -0.493 e. The first-order chi connectivity index (χ1) is 15.1. The number of ketones is 1. The molecule has 5 heteroatoms. The quantitative estimate of drug-likeness (QED) is 0.428. The zero-order chi connectivity index (χ0) is 21.5. The molecule has 5 nitrogen and oxygen atoms in total. The van der Waals surface area contributed by atoms with Gasteiger partial charge < -0.3 is 14.0 Å². The van der Waals surface area contributed by atoms with Crippen molar-refractivity contribution in [2.45, 2.75) is 13.0 Å². The first-order valence-electron chi connectivity index (χ1n) is 10.1. The lowest BCUT2D eigenvalue weighted by Crippen LogP contribution is -2.24. The van der Waals surface area contributed by atoms with Crippen molar-refractivity contribution < 1.29 is 14.3 Å². The highest BCUT2D eigenvalue weighted by atomic mass is 16.5. The molecule has 0 bridgehead atoms. The molecular weight excluding hydrogens is 390 g/mol. The van der Waals surface area contributed by atoms with E-state index in [4.69, 9.17) is 9.47 Å². The van der Waals surface area contributed by atoms with Gasteiger partial charge in [0.25, 0.3) is 5.56 Å². The van der Waals surface area contributed by atoms with Crippen molar-refractivity contribution in [2.75, 3.05) is 14.2 Å². The zero-order valence-corrected chi connectivity index (χ0v) is 17.3. The van der Waals surface area contributed by atoms with E-state index in [1.54, 1.807) is 24.9 Å². The number of aryl methyl sites for hydroxylation is 1. The van der Waals surface area contributed by atoms with Crippen molar-refractivity contribution >= 4 is 16.6 Å². The van der Waals surface area contributed by atoms with Crippen molar-refractivity contribution in [2.24, 2.45) is 0 Å². The Balaban J connectivity index is 1.66. The van der Waals surface area contributed by atoms with Crippen LogP contribution in [0.4, 0.5) is 0 Å². The summed E-state index contributed by atoms with van der Waals surface area (Å²) in [5.74, 6) is 1.29. The van der Waals surface area contributed by atoms with Gasteiger partial charge in [0.05, 0.1) is 25.5 Å². The summed E-state index contributed by atoms with van der Waals surface area (Å²) < 4.78 is 12.5. The van der Waals surface area contributed by atoms with Crippen LogP contribution in [0.15, 0.2) is 71.5 Å². The summed E-state index contributed by atoms with van der Waals surface area (Å²) >= 11 is 0. The smallest absolute Gasteiger partial charge is 0.258 e. The number of rotatable bonds is 5. The molecule has 0 N–H and O–H groups in total. The minimum atomic E-state index is -0.0840. The van der Waals surface area contributed by atoms with E-state index in [0.29, 0.717) is 52.1 Å². The number of hydrogen-bond acceptors (Lipinski definition) is 4. The second kappa shape index (κ2) is 7.43. The van der Waals surface area contributed by atoms with Crippen LogP contribution < -0.4 is 15.0 Å². The summed E-state index contributed by atoms with van der Waals surface area (Å²) in [6.07, 6.45) is 0.612. The summed E-state index contributed by atoms with van der Waals surface area (Å²) in [7, 11) is 3.20. The molecule has 0 amide bonds. The second-order valence-corrected chi connectivity index (χ2v) is 7.54. The van der Waals surface area contributed by atoms with Gasteiger partial charge in [-0.3, -0.25) is 9.59 Å². The number of carbonyl (C=O) groups excluding carboxylic acids is 1. The van der Waals surface area contributed by atoms with Crippen LogP contribution in [0.3, 0.4) is 0 Å². The van der Waals surface area contributed by atoms with E-state index < -0.39 is 0 Å². The number of nitrogens with zero attached hydrogens (tertiary/aromatic N) is 1. The number of carbonyl (C=O) groups is 1. The Kier molecular flexibility index (Phi) is 4.59. The predicted molar refractivity (Wildman–Crippen MR) is 120 cm³/mol. The number of hydrogen-bond donors (Lipinski definition) is 0. The van der Waals surface area contributed by atoms with E-state index in [0.717, 1.165) is 11.1 Å². The van der Waals surface area contributed by atoms with Gasteiger partial charge in [0.2, 0.25) is 0 Å². The Morgan fingerprint density at radius 1 is 0.774 bits per heavy atom. The van der Waals surface area contributed by atoms with Crippen molar-refractivity contribution in [3.05, 3.63) is 93.8 Å². The summed E-state index contributed by atoms with van der Waals surface area (Å²) in [4.78, 5) is 26.7. The van der Waals surface area contributed by atoms with Crippen LogP contribution in [0.25, 0.3) is 22.0 Å². The summed E-state index contributed by atoms with van der Waals surface area (Å²) in [6, 6.07) is 20.6. The fourth-order valence-electron chi connectivity index (χ4n) is 4.42. The number of fused-ring (bicyclic) bond motifs is 5. The van der Waals surface area contributed by atoms with Gasteiger partial charge in [0, 0.05) is 28.4 Å². The average Bonchev–Trinajstić information content (AvgIpc) is 3.11. The average molecular weight is 411 g/mol. The van der Waals surface area contributed by atoms with Crippen molar-refractivity contribution in [3.8, 4) is 22.8 Å². The van der Waals surface area contributed by atoms with E-state index in [2.05, 4.69) is 0 Å². The molecule has 1 aliphatic carbocycles. The van der Waals surface area contributed by atoms with Crippen LogP contribution in [0, 0.1) is 0 Å². The van der Waals surface area contributed by atoms with Crippen LogP contribution in [0.2, 0.25) is 0 Å². The van der Waals surface area contributed by atoms with E-state index in [-0.39, 0.29) is 11.3 Å². The third-order valence-electron chi connectivity index (χ3n) is 5.90. The highest BCUT2D eigenvalue weighted by Crippen LogP contribution is 2.39. The normalized spacial score (nSPS) is 12.0. The Hall–Kier alpha value is -3.86. The second-order valence-electron chi connectivity index (χ2n) is 7.54. The maximum Gasteiger partial charge on any atom is 0.258 e. The molecule has 0 saturated carbocycles. The minimum absolute atomic E-state index is 0.0262. The predicted octanol–water partition coefficient (Wildman–Crippen LogP) is 4.47. The maximum absolute atomic E-state index is 13.5. The van der Waals surface area contributed by atoms with E-state index in [9.17, 15) is 9.59 Å². The molecule has 3 aromatic carbocycles. The lowest BCUT2D eigenvalue weighted by atomic mass is 10.0. The van der Waals surface area contributed by atoms with Gasteiger partial charge in [0.1, 0.15) is 0 Å². The molecule has 31 heavy (non-hydrogen) atoms. The van der Waals surface area contributed by atoms with Crippen LogP contribution in [0.1, 0.15) is 21.5 Å². The molecule has 5 rings (SSSR count). The third-order valence-corrected chi connectivity index (χ3v) is 5.90. The number of ether oxygens (including phenoxy) is 2. The Labute approximate surface area is 179 Å². The van der Waals surface area contributed by atoms with Crippen molar-refractivity contribution in [1.29, 1.82) is 0 Å². The van der Waals surface area contributed by atoms with Crippen LogP contribution in [-0.2, 0) is 13.0 Å². The number of methoxy groups -OCH3 is 2. The maximum atomic E-state index is 13.5. The first-order valence-corrected chi connectivity index (χ1v) is 10.1. The highest BCUT2D eigenvalue weighted by Gasteiger charge is 2.32. The van der Waals surface area contributed by atoms with Gasteiger partial charge in [-0.25, -0.2) is 0 Å². The highest BCUT2D eigenvalue weighted by molar-refractivity contribution is 6.26. The van der Waals surface area contributed by atoms with Gasteiger partial charge in [-0.2, -0.15) is 0 Å². The SMILES string of the molecule is COc1ccc(CCn2c3c(c4ccccc4c2=O)C(=O)c2ccccc2-3)cc1OC. The molecule has 0 atom stereocenters. The van der Waals surface area contributed by atoms with Gasteiger partial charge in [-0.1, -0.05) is 48.5 Å². The lowest BCUT2D eigenvalue weighted by Gasteiger charge is -2.16. The monoisotopic (exact) mass is 411 g/mol. The molecule has 0 spiro atoms. The Morgan fingerprint density at radius 2 is 1.45 bits per heavy atom. The molecule has 1 aliphatic rings. The van der Waals surface area contributed by atoms with Gasteiger partial charge in [-0.15, -0.1) is 0 Å². The summed E-state index contributed by atoms with van der Waals surface area (Å²) in [5.41, 5.74) is 3.72. The van der Waals surface area contributed by atoms with Gasteiger partial charge in [0.15, 0.2) is 17.3 Å². The molecule has 0 fully saturated rings. The zero-order valence-electron chi connectivity index (χ0n) is 17.3. The van der Waals surface area contributed by atoms with Crippen LogP contribution >= 0.6 is 0 Å².